The first-order valence-electron chi connectivity index (χ1n) is 8.13. The fraction of sp³-hybridized carbons (Fsp3) is 0.222. The third-order valence-electron chi connectivity index (χ3n) is 4.30. The Morgan fingerprint density at radius 1 is 1.27 bits per heavy atom. The smallest absolute Gasteiger partial charge is 0.238 e. The normalized spacial score (nSPS) is 17.1. The number of aromatic amines is 1. The molecule has 3 aromatic rings. The molecule has 26 heavy (non-hydrogen) atoms. The predicted molar refractivity (Wildman–Crippen MR) is 97.2 cm³/mol. The molecule has 1 saturated heterocycles. The first-order valence-corrected chi connectivity index (χ1v) is 9.17. The summed E-state index contributed by atoms with van der Waals surface area (Å²) < 4.78 is 13.2. The van der Waals surface area contributed by atoms with Gasteiger partial charge >= 0.3 is 0 Å². The van der Waals surface area contributed by atoms with Crippen molar-refractivity contribution in [3.63, 3.8) is 0 Å². The lowest BCUT2D eigenvalue weighted by Gasteiger charge is -2.26. The first kappa shape index (κ1) is 16.7. The van der Waals surface area contributed by atoms with Crippen molar-refractivity contribution in [1.82, 2.24) is 20.6 Å². The van der Waals surface area contributed by atoms with E-state index in [4.69, 9.17) is 0 Å². The predicted octanol–water partition coefficient (Wildman–Crippen LogP) is 3.02. The number of carbonyl (C=O) groups is 1. The summed E-state index contributed by atoms with van der Waals surface area (Å²) in [5, 5.41) is 13.8. The van der Waals surface area contributed by atoms with Crippen LogP contribution in [0, 0.1) is 12.7 Å². The molecular weight excluding hydrogens is 353 g/mol. The zero-order valence-corrected chi connectivity index (χ0v) is 14.8. The van der Waals surface area contributed by atoms with Crippen molar-refractivity contribution < 1.29 is 9.18 Å². The molecule has 0 radical (unpaired) electrons. The summed E-state index contributed by atoms with van der Waals surface area (Å²) in [6, 6.07) is 12.3. The number of hydrogen-bond acceptors (Lipinski definition) is 5. The number of aryl methyl sites for hydroxylation is 1. The van der Waals surface area contributed by atoms with Gasteiger partial charge in [0.15, 0.2) is 5.82 Å². The Hall–Kier alpha value is -2.74. The fourth-order valence-corrected chi connectivity index (χ4v) is 4.27. The second-order valence-corrected chi connectivity index (χ2v) is 7.17. The number of nitrogens with zero attached hydrogens (tertiary/aromatic N) is 4. The van der Waals surface area contributed by atoms with Crippen LogP contribution in [-0.4, -0.2) is 32.3 Å². The first-order chi connectivity index (χ1) is 12.6. The number of benzene rings is 2. The molecule has 1 aromatic heterocycles. The number of amides is 1. The zero-order valence-electron chi connectivity index (χ0n) is 14.0. The van der Waals surface area contributed by atoms with Gasteiger partial charge in [0.1, 0.15) is 11.2 Å². The zero-order chi connectivity index (χ0) is 18.1. The summed E-state index contributed by atoms with van der Waals surface area (Å²) in [6.07, 6.45) is 0.571. The van der Waals surface area contributed by atoms with Crippen molar-refractivity contribution in [1.29, 1.82) is 0 Å². The van der Waals surface area contributed by atoms with E-state index in [-0.39, 0.29) is 17.1 Å². The van der Waals surface area contributed by atoms with Gasteiger partial charge in [-0.2, -0.15) is 5.21 Å². The topological polar surface area (TPSA) is 74.8 Å². The van der Waals surface area contributed by atoms with Gasteiger partial charge in [-0.1, -0.05) is 29.5 Å². The van der Waals surface area contributed by atoms with Gasteiger partial charge in [0.05, 0.1) is 5.75 Å². The number of carbonyl (C=O) groups excluding carboxylic acids is 1. The summed E-state index contributed by atoms with van der Waals surface area (Å²) in [4.78, 5) is 14.3. The van der Waals surface area contributed by atoms with Crippen LogP contribution in [0.5, 0.6) is 0 Å². The van der Waals surface area contributed by atoms with Crippen molar-refractivity contribution in [3.05, 3.63) is 70.8 Å². The average molecular weight is 369 g/mol. The van der Waals surface area contributed by atoms with Crippen LogP contribution in [0.15, 0.2) is 42.5 Å². The average Bonchev–Trinajstić information content (AvgIpc) is 3.26. The minimum absolute atomic E-state index is 0.0540. The van der Waals surface area contributed by atoms with Crippen molar-refractivity contribution >= 4 is 23.4 Å². The van der Waals surface area contributed by atoms with E-state index in [2.05, 4.69) is 20.6 Å². The van der Waals surface area contributed by atoms with Crippen LogP contribution in [0.1, 0.15) is 27.9 Å². The summed E-state index contributed by atoms with van der Waals surface area (Å²) in [7, 11) is 0. The molecule has 1 aliphatic heterocycles. The maximum atomic E-state index is 13.2. The van der Waals surface area contributed by atoms with Gasteiger partial charge < -0.3 is 0 Å². The van der Waals surface area contributed by atoms with E-state index in [0.29, 0.717) is 18.0 Å². The fourth-order valence-electron chi connectivity index (χ4n) is 3.10. The van der Waals surface area contributed by atoms with Crippen molar-refractivity contribution in [3.8, 4) is 0 Å². The Morgan fingerprint density at radius 3 is 2.77 bits per heavy atom. The van der Waals surface area contributed by atoms with Crippen LogP contribution in [0.4, 0.5) is 10.1 Å². The number of H-pyrrole nitrogens is 1. The summed E-state index contributed by atoms with van der Waals surface area (Å²) in [5.74, 6) is 0.802. The molecule has 132 valence electrons. The summed E-state index contributed by atoms with van der Waals surface area (Å²) in [5.41, 5.74) is 3.82. The third kappa shape index (κ3) is 3.20. The number of anilines is 1. The Morgan fingerprint density at radius 2 is 2.08 bits per heavy atom. The molecule has 1 N–H and O–H groups in total. The minimum Gasteiger partial charge on any atom is -0.295 e. The molecule has 1 fully saturated rings. The van der Waals surface area contributed by atoms with Gasteiger partial charge in [-0.15, -0.1) is 22.0 Å². The second kappa shape index (κ2) is 6.87. The molecule has 4 rings (SSSR count). The number of aromatic nitrogens is 4. The Labute approximate surface area is 153 Å². The number of hydrogen-bond donors (Lipinski definition) is 1. The highest BCUT2D eigenvalue weighted by Crippen LogP contribution is 2.42. The summed E-state index contributed by atoms with van der Waals surface area (Å²) >= 11 is 1.55. The van der Waals surface area contributed by atoms with E-state index in [1.165, 1.54) is 12.1 Å². The molecule has 6 nitrogen and oxygen atoms in total. The SMILES string of the molecule is Cc1cc(Cc2nn[nH]n2)ccc1N1C(=O)CSC1c1ccc(F)cc1. The van der Waals surface area contributed by atoms with Gasteiger partial charge in [-0.05, 0) is 41.8 Å². The maximum absolute atomic E-state index is 13.2. The van der Waals surface area contributed by atoms with Crippen molar-refractivity contribution in [2.75, 3.05) is 10.7 Å². The minimum atomic E-state index is -0.281. The molecule has 1 unspecified atom stereocenters. The Balaban J connectivity index is 1.64. The number of tetrazole rings is 1. The van der Waals surface area contributed by atoms with Crippen LogP contribution in [0.3, 0.4) is 0 Å². The van der Waals surface area contributed by atoms with Gasteiger partial charge in [0, 0.05) is 12.1 Å². The molecule has 1 aliphatic rings. The number of thioether (sulfide) groups is 1. The monoisotopic (exact) mass is 369 g/mol. The highest BCUT2D eigenvalue weighted by Gasteiger charge is 2.34. The molecule has 0 saturated carbocycles. The van der Waals surface area contributed by atoms with Crippen LogP contribution in [0.2, 0.25) is 0 Å². The van der Waals surface area contributed by atoms with Gasteiger partial charge in [0.25, 0.3) is 0 Å². The molecule has 0 spiro atoms. The maximum Gasteiger partial charge on any atom is 0.238 e. The second-order valence-electron chi connectivity index (χ2n) is 6.10. The van der Waals surface area contributed by atoms with E-state index in [9.17, 15) is 9.18 Å². The standard InChI is InChI=1S/C18H16FN5OS/c1-11-8-12(9-16-20-22-23-21-16)2-7-15(11)24-17(25)10-26-18(24)13-3-5-14(19)6-4-13/h2-8,18H,9-10H2,1H3,(H,20,21,22,23). The van der Waals surface area contributed by atoms with Gasteiger partial charge in [0.2, 0.25) is 5.91 Å². The lowest BCUT2D eigenvalue weighted by atomic mass is 10.1. The quantitative estimate of drug-likeness (QED) is 0.765. The molecular formula is C18H16FN5OS. The lowest BCUT2D eigenvalue weighted by Crippen LogP contribution is -2.28. The van der Waals surface area contributed by atoms with Gasteiger partial charge in [-0.3, -0.25) is 9.69 Å². The third-order valence-corrected chi connectivity index (χ3v) is 5.51. The van der Waals surface area contributed by atoms with E-state index >= 15 is 0 Å². The number of halogens is 1. The molecule has 1 atom stereocenters. The van der Waals surface area contributed by atoms with E-state index in [1.54, 1.807) is 28.8 Å². The van der Waals surface area contributed by atoms with Crippen molar-refractivity contribution in [2.45, 2.75) is 18.7 Å². The van der Waals surface area contributed by atoms with Crippen LogP contribution in [-0.2, 0) is 11.2 Å². The molecule has 2 heterocycles. The largest absolute Gasteiger partial charge is 0.295 e. The highest BCUT2D eigenvalue weighted by molar-refractivity contribution is 8.00. The van der Waals surface area contributed by atoms with E-state index in [0.717, 1.165) is 22.4 Å². The molecule has 0 aliphatic carbocycles. The van der Waals surface area contributed by atoms with Crippen LogP contribution >= 0.6 is 11.8 Å². The Kier molecular flexibility index (Phi) is 4.42. The van der Waals surface area contributed by atoms with Crippen molar-refractivity contribution in [2.24, 2.45) is 0 Å². The lowest BCUT2D eigenvalue weighted by molar-refractivity contribution is -0.115. The molecule has 0 bridgehead atoms. The number of rotatable bonds is 4. The molecule has 8 heteroatoms. The van der Waals surface area contributed by atoms with Crippen LogP contribution in [0.25, 0.3) is 0 Å². The summed E-state index contributed by atoms with van der Waals surface area (Å²) in [6.45, 7) is 1.98. The molecule has 1 amide bonds. The number of nitrogens with one attached hydrogen (secondary N) is 1. The van der Waals surface area contributed by atoms with E-state index < -0.39 is 0 Å². The van der Waals surface area contributed by atoms with E-state index in [1.807, 2.05) is 25.1 Å². The van der Waals surface area contributed by atoms with Gasteiger partial charge in [-0.25, -0.2) is 4.39 Å². The Bertz CT molecular complexity index is 929. The molecule has 2 aromatic carbocycles. The highest BCUT2D eigenvalue weighted by atomic mass is 32.2. The van der Waals surface area contributed by atoms with Crippen LogP contribution < -0.4 is 4.90 Å².